The van der Waals surface area contributed by atoms with Crippen LogP contribution in [0.2, 0.25) is 0 Å². The summed E-state index contributed by atoms with van der Waals surface area (Å²) >= 11 is 0. The van der Waals surface area contributed by atoms with E-state index in [1.165, 1.54) is 6.20 Å². The maximum Gasteiger partial charge on any atom is 0.310 e. The molecule has 1 aromatic rings. The summed E-state index contributed by atoms with van der Waals surface area (Å²) in [7, 11) is 0. The average Bonchev–Trinajstić information content (AvgIpc) is 2.45. The quantitative estimate of drug-likeness (QED) is 0.650. The zero-order valence-electron chi connectivity index (χ0n) is 11.8. The Bertz CT molecular complexity index is 469. The molecule has 110 valence electrons. The summed E-state index contributed by atoms with van der Waals surface area (Å²) in [5, 5.41) is 14.1. The van der Waals surface area contributed by atoms with Crippen LogP contribution in [0.15, 0.2) is 18.5 Å². The van der Waals surface area contributed by atoms with Crippen molar-refractivity contribution >= 4 is 11.4 Å². The summed E-state index contributed by atoms with van der Waals surface area (Å²) in [5.74, 6) is 0. The van der Waals surface area contributed by atoms with Crippen molar-refractivity contribution in [1.29, 1.82) is 0 Å². The van der Waals surface area contributed by atoms with Gasteiger partial charge >= 0.3 is 5.69 Å². The first-order valence-electron chi connectivity index (χ1n) is 6.75. The molecule has 1 aromatic heterocycles. The molecular formula is C13H20N4O3. The third kappa shape index (κ3) is 3.43. The van der Waals surface area contributed by atoms with Crippen LogP contribution in [0.5, 0.6) is 0 Å². The molecule has 1 N–H and O–H groups in total. The normalized spacial score (nSPS) is 21.4. The minimum Gasteiger partial charge on any atom is -0.379 e. The van der Waals surface area contributed by atoms with Crippen molar-refractivity contribution in [2.24, 2.45) is 0 Å². The second-order valence-electron chi connectivity index (χ2n) is 5.04. The van der Waals surface area contributed by atoms with Crippen molar-refractivity contribution in [3.63, 3.8) is 0 Å². The van der Waals surface area contributed by atoms with Crippen LogP contribution in [0, 0.1) is 10.1 Å². The van der Waals surface area contributed by atoms with Crippen LogP contribution in [0.4, 0.5) is 11.4 Å². The van der Waals surface area contributed by atoms with E-state index in [0.29, 0.717) is 18.3 Å². The summed E-state index contributed by atoms with van der Waals surface area (Å²) in [5.41, 5.74) is 0.521. The molecule has 0 aromatic carbocycles. The van der Waals surface area contributed by atoms with Crippen LogP contribution in [0.1, 0.15) is 13.8 Å². The smallest absolute Gasteiger partial charge is 0.310 e. The van der Waals surface area contributed by atoms with Crippen molar-refractivity contribution in [3.8, 4) is 0 Å². The number of aromatic nitrogens is 1. The lowest BCUT2D eigenvalue weighted by atomic mass is 10.2. The van der Waals surface area contributed by atoms with Crippen LogP contribution in [-0.4, -0.2) is 53.2 Å². The van der Waals surface area contributed by atoms with Gasteiger partial charge in [0.05, 0.1) is 18.1 Å². The summed E-state index contributed by atoms with van der Waals surface area (Å²) in [6, 6.07) is 2.28. The lowest BCUT2D eigenvalue weighted by molar-refractivity contribution is -0.384. The first kappa shape index (κ1) is 14.7. The number of anilines is 1. The van der Waals surface area contributed by atoms with Gasteiger partial charge < -0.3 is 10.1 Å². The maximum atomic E-state index is 10.9. The van der Waals surface area contributed by atoms with Gasteiger partial charge in [-0.2, -0.15) is 0 Å². The molecule has 7 heteroatoms. The van der Waals surface area contributed by atoms with Gasteiger partial charge in [-0.3, -0.25) is 20.0 Å². The highest BCUT2D eigenvalue weighted by atomic mass is 16.6. The number of nitro groups is 1. The SMILES string of the molecule is C[C@H](CNc1ccncc1[N+](=O)[O-])N1CCOC[C@@H]1C. The molecule has 0 aliphatic carbocycles. The Morgan fingerprint density at radius 1 is 1.70 bits per heavy atom. The summed E-state index contributed by atoms with van der Waals surface area (Å²) in [6.07, 6.45) is 2.82. The van der Waals surface area contributed by atoms with Crippen molar-refractivity contribution in [1.82, 2.24) is 9.88 Å². The summed E-state index contributed by atoms with van der Waals surface area (Å²) < 4.78 is 5.42. The molecule has 2 rings (SSSR count). The number of hydrogen-bond acceptors (Lipinski definition) is 6. The van der Waals surface area contributed by atoms with Crippen molar-refractivity contribution in [3.05, 3.63) is 28.6 Å². The van der Waals surface area contributed by atoms with Crippen LogP contribution in [-0.2, 0) is 4.74 Å². The van der Waals surface area contributed by atoms with Gasteiger partial charge in [0.15, 0.2) is 0 Å². The number of nitrogens with one attached hydrogen (secondary N) is 1. The Morgan fingerprint density at radius 3 is 3.20 bits per heavy atom. The predicted octanol–water partition coefficient (Wildman–Crippen LogP) is 1.51. The van der Waals surface area contributed by atoms with Crippen LogP contribution < -0.4 is 5.32 Å². The van der Waals surface area contributed by atoms with Gasteiger partial charge in [0.2, 0.25) is 0 Å². The van der Waals surface area contributed by atoms with Gasteiger partial charge in [-0.1, -0.05) is 0 Å². The van der Waals surface area contributed by atoms with E-state index < -0.39 is 4.92 Å². The predicted molar refractivity (Wildman–Crippen MR) is 75.8 cm³/mol. The molecule has 2 heterocycles. The van der Waals surface area contributed by atoms with Crippen LogP contribution in [0.25, 0.3) is 0 Å². The van der Waals surface area contributed by atoms with E-state index in [-0.39, 0.29) is 11.7 Å². The Hall–Kier alpha value is -1.73. The molecule has 2 atom stereocenters. The standard InChI is InChI=1S/C13H20N4O3/c1-10(16-5-6-20-9-11(16)2)7-15-12-3-4-14-8-13(12)17(18)19/h3-4,8,10-11H,5-7,9H2,1-2H3,(H,14,15)/t10-,11+/m1/s1. The van der Waals surface area contributed by atoms with E-state index in [1.807, 2.05) is 0 Å². The molecule has 20 heavy (non-hydrogen) atoms. The van der Waals surface area contributed by atoms with Crippen molar-refractivity contribution < 1.29 is 9.66 Å². The second-order valence-corrected chi connectivity index (χ2v) is 5.04. The number of pyridine rings is 1. The molecule has 1 aliphatic heterocycles. The van der Waals surface area contributed by atoms with Crippen LogP contribution >= 0.6 is 0 Å². The monoisotopic (exact) mass is 280 g/mol. The van der Waals surface area contributed by atoms with Crippen LogP contribution in [0.3, 0.4) is 0 Å². The largest absolute Gasteiger partial charge is 0.379 e. The fourth-order valence-corrected chi connectivity index (χ4v) is 2.45. The third-order valence-corrected chi connectivity index (χ3v) is 3.57. The van der Waals surface area contributed by atoms with E-state index in [4.69, 9.17) is 4.74 Å². The van der Waals surface area contributed by atoms with E-state index >= 15 is 0 Å². The Kier molecular flexibility index (Phi) is 4.86. The first-order valence-corrected chi connectivity index (χ1v) is 6.75. The topological polar surface area (TPSA) is 80.5 Å². The maximum absolute atomic E-state index is 10.9. The van der Waals surface area contributed by atoms with Crippen molar-refractivity contribution in [2.75, 3.05) is 31.6 Å². The Morgan fingerprint density at radius 2 is 2.50 bits per heavy atom. The van der Waals surface area contributed by atoms with Gasteiger partial charge in [-0.05, 0) is 19.9 Å². The minimum atomic E-state index is -0.419. The zero-order valence-corrected chi connectivity index (χ0v) is 11.8. The number of hydrogen-bond donors (Lipinski definition) is 1. The molecule has 0 bridgehead atoms. The summed E-state index contributed by atoms with van der Waals surface area (Å²) in [6.45, 7) is 7.26. The molecule has 1 fully saturated rings. The van der Waals surface area contributed by atoms with E-state index in [9.17, 15) is 10.1 Å². The van der Waals surface area contributed by atoms with Gasteiger partial charge in [0, 0.05) is 31.4 Å². The Balaban J connectivity index is 1.96. The van der Waals surface area contributed by atoms with Crippen molar-refractivity contribution in [2.45, 2.75) is 25.9 Å². The average molecular weight is 280 g/mol. The van der Waals surface area contributed by atoms with Gasteiger partial charge in [0.1, 0.15) is 11.9 Å². The molecule has 0 saturated carbocycles. The fraction of sp³-hybridized carbons (Fsp3) is 0.615. The first-order chi connectivity index (χ1) is 9.59. The molecule has 0 radical (unpaired) electrons. The molecule has 0 unspecified atom stereocenters. The lowest BCUT2D eigenvalue weighted by Crippen LogP contribution is -2.50. The van der Waals surface area contributed by atoms with Gasteiger partial charge in [-0.25, -0.2) is 0 Å². The second kappa shape index (κ2) is 6.62. The van der Waals surface area contributed by atoms with Gasteiger partial charge in [-0.15, -0.1) is 0 Å². The van der Waals surface area contributed by atoms with E-state index in [0.717, 1.165) is 19.8 Å². The highest BCUT2D eigenvalue weighted by molar-refractivity contribution is 5.59. The van der Waals surface area contributed by atoms with E-state index in [1.54, 1.807) is 12.3 Å². The number of ether oxygens (including phenoxy) is 1. The molecule has 1 saturated heterocycles. The lowest BCUT2D eigenvalue weighted by Gasteiger charge is -2.38. The van der Waals surface area contributed by atoms with E-state index in [2.05, 4.69) is 29.0 Å². The number of rotatable bonds is 5. The molecular weight excluding hydrogens is 260 g/mol. The molecule has 0 spiro atoms. The third-order valence-electron chi connectivity index (χ3n) is 3.57. The number of morpholine rings is 1. The Labute approximate surface area is 118 Å². The summed E-state index contributed by atoms with van der Waals surface area (Å²) in [4.78, 5) is 16.6. The zero-order chi connectivity index (χ0) is 14.5. The minimum absolute atomic E-state index is 0.00901. The fourth-order valence-electron chi connectivity index (χ4n) is 2.45. The molecule has 1 aliphatic rings. The number of nitrogens with zero attached hydrogens (tertiary/aromatic N) is 3. The van der Waals surface area contributed by atoms with Gasteiger partial charge in [0.25, 0.3) is 0 Å². The highest BCUT2D eigenvalue weighted by Crippen LogP contribution is 2.22. The highest BCUT2D eigenvalue weighted by Gasteiger charge is 2.24. The molecule has 0 amide bonds. The molecule has 7 nitrogen and oxygen atoms in total.